The van der Waals surface area contributed by atoms with E-state index in [9.17, 15) is 0 Å². The molecule has 0 aliphatic rings. The van der Waals surface area contributed by atoms with Gasteiger partial charge in [-0.1, -0.05) is 49.7 Å². The third-order valence-electron chi connectivity index (χ3n) is 2.20. The summed E-state index contributed by atoms with van der Waals surface area (Å²) in [4.78, 5) is 4.35. The highest BCUT2D eigenvalue weighted by atomic mass is 35.5. The van der Waals surface area contributed by atoms with Gasteiger partial charge in [0.2, 0.25) is 0 Å². The number of rotatable bonds is 1. The molecule has 1 aromatic carbocycles. The smallest absolute Gasteiger partial charge is 0.259 e. The zero-order valence-corrected chi connectivity index (χ0v) is 10.2. The van der Waals surface area contributed by atoms with Gasteiger partial charge >= 0.3 is 0 Å². The van der Waals surface area contributed by atoms with Crippen molar-refractivity contribution in [2.45, 2.75) is 26.2 Å². The zero-order chi connectivity index (χ0) is 11.8. The Balaban J connectivity index is 2.44. The summed E-state index contributed by atoms with van der Waals surface area (Å²) < 4.78 is 5.21. The summed E-state index contributed by atoms with van der Waals surface area (Å²) in [5, 5.41) is 4.58. The van der Waals surface area contributed by atoms with E-state index in [2.05, 4.69) is 10.1 Å². The van der Waals surface area contributed by atoms with Gasteiger partial charge in [0.05, 0.1) is 10.6 Å². The fraction of sp³-hybridized carbons (Fsp3) is 0.333. The molecule has 3 nitrogen and oxygen atoms in total. The lowest BCUT2D eigenvalue weighted by Crippen LogP contribution is -2.13. The second-order valence-electron chi connectivity index (χ2n) is 4.65. The molecule has 2 rings (SSSR count). The van der Waals surface area contributed by atoms with E-state index in [1.165, 1.54) is 0 Å². The Morgan fingerprint density at radius 1 is 1.19 bits per heavy atom. The summed E-state index contributed by atoms with van der Waals surface area (Å²) in [6.07, 6.45) is 0. The van der Waals surface area contributed by atoms with E-state index < -0.39 is 0 Å². The minimum Gasteiger partial charge on any atom is -0.334 e. The Hall–Kier alpha value is -1.35. The van der Waals surface area contributed by atoms with Gasteiger partial charge < -0.3 is 4.52 Å². The SMILES string of the molecule is CC(C)(C)c1noc(-c2ccccc2Cl)n1. The van der Waals surface area contributed by atoms with Crippen LogP contribution in [0.5, 0.6) is 0 Å². The molecule has 0 unspecified atom stereocenters. The standard InChI is InChI=1S/C12H13ClN2O/c1-12(2,3)11-14-10(16-15-11)8-6-4-5-7-9(8)13/h4-7H,1-3H3. The number of nitrogens with zero attached hydrogens (tertiary/aromatic N) is 2. The maximum Gasteiger partial charge on any atom is 0.259 e. The van der Waals surface area contributed by atoms with Gasteiger partial charge in [-0.3, -0.25) is 0 Å². The quantitative estimate of drug-likeness (QED) is 0.758. The van der Waals surface area contributed by atoms with Crippen molar-refractivity contribution in [2.24, 2.45) is 0 Å². The molecule has 0 saturated heterocycles. The lowest BCUT2D eigenvalue weighted by atomic mass is 9.96. The fourth-order valence-electron chi connectivity index (χ4n) is 1.27. The number of hydrogen-bond donors (Lipinski definition) is 0. The number of benzene rings is 1. The van der Waals surface area contributed by atoms with Crippen molar-refractivity contribution in [1.29, 1.82) is 0 Å². The van der Waals surface area contributed by atoms with Crippen molar-refractivity contribution < 1.29 is 4.52 Å². The number of halogens is 1. The summed E-state index contributed by atoms with van der Waals surface area (Å²) in [7, 11) is 0. The van der Waals surface area contributed by atoms with Gasteiger partial charge in [-0.2, -0.15) is 4.98 Å². The van der Waals surface area contributed by atoms with Gasteiger partial charge in [0.25, 0.3) is 5.89 Å². The Morgan fingerprint density at radius 2 is 1.88 bits per heavy atom. The summed E-state index contributed by atoms with van der Waals surface area (Å²) in [6.45, 7) is 6.11. The highest BCUT2D eigenvalue weighted by Crippen LogP contribution is 2.28. The molecular formula is C12H13ClN2O. The third-order valence-corrected chi connectivity index (χ3v) is 2.53. The maximum absolute atomic E-state index is 6.05. The molecule has 0 bridgehead atoms. The van der Waals surface area contributed by atoms with Crippen LogP contribution in [-0.4, -0.2) is 10.1 Å². The summed E-state index contributed by atoms with van der Waals surface area (Å²) >= 11 is 6.05. The lowest BCUT2D eigenvalue weighted by molar-refractivity contribution is 0.402. The molecule has 0 atom stereocenters. The van der Waals surface area contributed by atoms with E-state index in [4.69, 9.17) is 16.1 Å². The highest BCUT2D eigenvalue weighted by molar-refractivity contribution is 6.33. The highest BCUT2D eigenvalue weighted by Gasteiger charge is 2.22. The minimum absolute atomic E-state index is 0.122. The molecule has 1 aromatic heterocycles. The molecule has 1 heterocycles. The predicted octanol–water partition coefficient (Wildman–Crippen LogP) is 3.69. The zero-order valence-electron chi connectivity index (χ0n) is 9.49. The van der Waals surface area contributed by atoms with Crippen molar-refractivity contribution in [2.75, 3.05) is 0 Å². The van der Waals surface area contributed by atoms with Crippen LogP contribution >= 0.6 is 11.6 Å². The number of hydrogen-bond acceptors (Lipinski definition) is 3. The van der Waals surface area contributed by atoms with Gasteiger partial charge in [0.15, 0.2) is 5.82 Å². The minimum atomic E-state index is -0.122. The fourth-order valence-corrected chi connectivity index (χ4v) is 1.49. The average molecular weight is 237 g/mol. The molecule has 2 aromatic rings. The number of aromatic nitrogens is 2. The molecule has 0 saturated carbocycles. The van der Waals surface area contributed by atoms with E-state index in [-0.39, 0.29) is 5.41 Å². The van der Waals surface area contributed by atoms with E-state index >= 15 is 0 Å². The van der Waals surface area contributed by atoms with Gasteiger partial charge in [-0.05, 0) is 12.1 Å². The van der Waals surface area contributed by atoms with Crippen LogP contribution in [-0.2, 0) is 5.41 Å². The summed E-state index contributed by atoms with van der Waals surface area (Å²) in [6, 6.07) is 7.43. The maximum atomic E-state index is 6.05. The molecule has 0 fully saturated rings. The van der Waals surface area contributed by atoms with E-state index in [1.807, 2.05) is 39.0 Å². The molecule has 0 N–H and O–H groups in total. The molecule has 84 valence electrons. The van der Waals surface area contributed by atoms with Crippen molar-refractivity contribution in [3.8, 4) is 11.5 Å². The first kappa shape index (κ1) is 11.1. The van der Waals surface area contributed by atoms with Crippen molar-refractivity contribution in [3.05, 3.63) is 35.1 Å². The Labute approximate surface area is 99.4 Å². The second-order valence-corrected chi connectivity index (χ2v) is 5.06. The Bertz CT molecular complexity index is 500. The monoisotopic (exact) mass is 236 g/mol. The molecule has 0 aliphatic heterocycles. The van der Waals surface area contributed by atoms with Crippen LogP contribution in [0.25, 0.3) is 11.5 Å². The van der Waals surface area contributed by atoms with Gasteiger partial charge in [-0.25, -0.2) is 0 Å². The molecular weight excluding hydrogens is 224 g/mol. The van der Waals surface area contributed by atoms with Crippen LogP contribution in [0.2, 0.25) is 5.02 Å². The summed E-state index contributed by atoms with van der Waals surface area (Å²) in [5.74, 6) is 1.15. The van der Waals surface area contributed by atoms with Crippen molar-refractivity contribution in [1.82, 2.24) is 10.1 Å². The largest absolute Gasteiger partial charge is 0.334 e. The van der Waals surface area contributed by atoms with Crippen LogP contribution in [0.4, 0.5) is 0 Å². The predicted molar refractivity (Wildman–Crippen MR) is 63.4 cm³/mol. The third kappa shape index (κ3) is 2.09. The molecule has 0 aliphatic carbocycles. The van der Waals surface area contributed by atoms with E-state index in [1.54, 1.807) is 6.07 Å². The topological polar surface area (TPSA) is 38.9 Å². The van der Waals surface area contributed by atoms with Crippen LogP contribution in [0.3, 0.4) is 0 Å². The van der Waals surface area contributed by atoms with Gasteiger partial charge in [0.1, 0.15) is 0 Å². The second kappa shape index (κ2) is 3.91. The molecule has 4 heteroatoms. The first-order chi connectivity index (χ1) is 7.48. The molecule has 16 heavy (non-hydrogen) atoms. The normalized spacial score (nSPS) is 11.8. The van der Waals surface area contributed by atoms with Crippen LogP contribution in [0, 0.1) is 0 Å². The van der Waals surface area contributed by atoms with E-state index in [0.717, 1.165) is 5.56 Å². The Morgan fingerprint density at radius 3 is 2.44 bits per heavy atom. The Kier molecular flexibility index (Phi) is 2.72. The van der Waals surface area contributed by atoms with Crippen LogP contribution in [0.15, 0.2) is 28.8 Å². The first-order valence-electron chi connectivity index (χ1n) is 5.07. The van der Waals surface area contributed by atoms with Crippen LogP contribution < -0.4 is 0 Å². The first-order valence-corrected chi connectivity index (χ1v) is 5.45. The van der Waals surface area contributed by atoms with Gasteiger partial charge in [-0.15, -0.1) is 0 Å². The molecule has 0 radical (unpaired) electrons. The summed E-state index contributed by atoms with van der Waals surface area (Å²) in [5.41, 5.74) is 0.649. The molecule has 0 amide bonds. The van der Waals surface area contributed by atoms with Crippen molar-refractivity contribution in [3.63, 3.8) is 0 Å². The molecule has 0 spiro atoms. The van der Waals surface area contributed by atoms with E-state index in [0.29, 0.717) is 16.7 Å². The van der Waals surface area contributed by atoms with Gasteiger partial charge in [0, 0.05) is 5.41 Å². The lowest BCUT2D eigenvalue weighted by Gasteiger charge is -2.10. The van der Waals surface area contributed by atoms with Crippen LogP contribution in [0.1, 0.15) is 26.6 Å². The van der Waals surface area contributed by atoms with Crippen molar-refractivity contribution >= 4 is 11.6 Å². The average Bonchev–Trinajstić information content (AvgIpc) is 2.66.